The van der Waals surface area contributed by atoms with Crippen LogP contribution in [0, 0.1) is 0 Å². The molecule has 3 amide bonds. The zero-order valence-corrected chi connectivity index (χ0v) is 20.8. The zero-order valence-electron chi connectivity index (χ0n) is 20.1. The van der Waals surface area contributed by atoms with Crippen LogP contribution < -0.4 is 10.6 Å². The van der Waals surface area contributed by atoms with Gasteiger partial charge in [0.2, 0.25) is 5.91 Å². The number of aromatic nitrogens is 2. The van der Waals surface area contributed by atoms with E-state index in [-0.39, 0.29) is 54.3 Å². The van der Waals surface area contributed by atoms with Gasteiger partial charge in [-0.1, -0.05) is 55.5 Å². The molecule has 1 aromatic heterocycles. The molecule has 0 spiro atoms. The fraction of sp³-hybridized carbons (Fsp3) is 0.538. The Labute approximate surface area is 210 Å². The van der Waals surface area contributed by atoms with E-state index in [4.69, 9.17) is 11.6 Å². The van der Waals surface area contributed by atoms with Crippen molar-refractivity contribution in [2.45, 2.75) is 89.0 Å². The molecule has 9 heteroatoms. The number of hydrogen-bond donors (Lipinski definition) is 2. The van der Waals surface area contributed by atoms with Crippen molar-refractivity contribution in [1.29, 1.82) is 0 Å². The molecule has 0 unspecified atom stereocenters. The lowest BCUT2D eigenvalue weighted by Gasteiger charge is -2.44. The van der Waals surface area contributed by atoms with Crippen LogP contribution in [0.5, 0.6) is 0 Å². The van der Waals surface area contributed by atoms with Crippen molar-refractivity contribution in [2.24, 2.45) is 0 Å². The number of nitrogens with one attached hydrogen (secondary N) is 2. The molecule has 8 nitrogen and oxygen atoms in total. The first-order valence-corrected chi connectivity index (χ1v) is 13.0. The van der Waals surface area contributed by atoms with Gasteiger partial charge in [-0.25, -0.2) is 4.98 Å². The van der Waals surface area contributed by atoms with Gasteiger partial charge in [-0.2, -0.15) is 0 Å². The number of benzene rings is 1. The van der Waals surface area contributed by atoms with Gasteiger partial charge in [-0.15, -0.1) is 0 Å². The Hall–Kier alpha value is -2.87. The van der Waals surface area contributed by atoms with Gasteiger partial charge in [0.25, 0.3) is 11.8 Å². The maximum absolute atomic E-state index is 13.8. The molecule has 35 heavy (non-hydrogen) atoms. The standard InChI is InChI=1S/C26H32ClN5O3/c1-26(25(35)28-14-17-8-6-7-11-20(17)27)15-31-16-29-21(22(31)24(34)32(26)19-12-13-19)23(33)30-18-9-4-2-3-5-10-18/h6-8,11,16,18-19H,2-5,9-10,12-15H2,1H3,(H,28,35)(H,30,33)/t26-/m1/s1. The largest absolute Gasteiger partial charge is 0.350 e. The third-order valence-electron chi connectivity index (χ3n) is 7.47. The molecule has 0 bridgehead atoms. The fourth-order valence-electron chi connectivity index (χ4n) is 5.41. The second-order valence-corrected chi connectivity index (χ2v) is 10.6. The van der Waals surface area contributed by atoms with Crippen molar-refractivity contribution >= 4 is 29.3 Å². The molecule has 186 valence electrons. The monoisotopic (exact) mass is 497 g/mol. The SMILES string of the molecule is C[C@]1(C(=O)NCc2ccccc2Cl)Cn2cnc(C(=O)NC3CCCCCC3)c2C(=O)N1C1CC1. The normalized spacial score (nSPS) is 22.9. The lowest BCUT2D eigenvalue weighted by atomic mass is 9.93. The Morgan fingerprint density at radius 2 is 1.83 bits per heavy atom. The van der Waals surface area contributed by atoms with E-state index in [0.29, 0.717) is 5.02 Å². The molecule has 1 aromatic carbocycles. The summed E-state index contributed by atoms with van der Waals surface area (Å²) in [5.74, 6) is -0.861. The summed E-state index contributed by atoms with van der Waals surface area (Å²) in [6, 6.07) is 7.46. The molecule has 0 radical (unpaired) electrons. The van der Waals surface area contributed by atoms with Crippen LogP contribution in [0.4, 0.5) is 0 Å². The second kappa shape index (κ2) is 9.64. The third kappa shape index (κ3) is 4.68. The number of amides is 3. The molecule has 2 aliphatic carbocycles. The van der Waals surface area contributed by atoms with Crippen molar-refractivity contribution < 1.29 is 14.4 Å². The molecule has 5 rings (SSSR count). The van der Waals surface area contributed by atoms with E-state index in [1.165, 1.54) is 19.2 Å². The summed E-state index contributed by atoms with van der Waals surface area (Å²) in [5, 5.41) is 6.66. The van der Waals surface area contributed by atoms with E-state index in [1.54, 1.807) is 22.5 Å². The van der Waals surface area contributed by atoms with Crippen molar-refractivity contribution in [3.8, 4) is 0 Å². The number of rotatable bonds is 6. The first kappa shape index (κ1) is 23.9. The minimum Gasteiger partial charge on any atom is -0.350 e. The molecule has 2 N–H and O–H groups in total. The van der Waals surface area contributed by atoms with E-state index in [0.717, 1.165) is 44.1 Å². The number of carbonyl (C=O) groups is 3. The van der Waals surface area contributed by atoms with Crippen molar-refractivity contribution in [3.05, 3.63) is 52.6 Å². The minimum atomic E-state index is -1.10. The Bertz CT molecular complexity index is 1140. The maximum Gasteiger partial charge on any atom is 0.274 e. The minimum absolute atomic E-state index is 0.0139. The van der Waals surface area contributed by atoms with Gasteiger partial charge in [0.15, 0.2) is 5.69 Å². The van der Waals surface area contributed by atoms with Crippen LogP contribution in [0.15, 0.2) is 30.6 Å². The summed E-state index contributed by atoms with van der Waals surface area (Å²) in [4.78, 5) is 46.4. The van der Waals surface area contributed by atoms with Crippen LogP contribution in [-0.2, 0) is 17.9 Å². The fourth-order valence-corrected chi connectivity index (χ4v) is 5.61. The Balaban J connectivity index is 1.37. The average Bonchev–Trinajstić information content (AvgIpc) is 3.62. The van der Waals surface area contributed by atoms with Gasteiger partial charge >= 0.3 is 0 Å². The molecule has 2 aromatic rings. The van der Waals surface area contributed by atoms with Gasteiger partial charge in [-0.05, 0) is 44.2 Å². The molecule has 2 saturated carbocycles. The summed E-state index contributed by atoms with van der Waals surface area (Å²) in [6.07, 6.45) is 9.69. The van der Waals surface area contributed by atoms with Crippen LogP contribution >= 0.6 is 11.6 Å². The third-order valence-corrected chi connectivity index (χ3v) is 7.84. The lowest BCUT2D eigenvalue weighted by Crippen LogP contribution is -2.64. The quantitative estimate of drug-likeness (QED) is 0.595. The highest BCUT2D eigenvalue weighted by Gasteiger charge is 2.53. The van der Waals surface area contributed by atoms with Crippen molar-refractivity contribution in [3.63, 3.8) is 0 Å². The van der Waals surface area contributed by atoms with E-state index in [1.807, 2.05) is 18.2 Å². The highest BCUT2D eigenvalue weighted by atomic mass is 35.5. The zero-order chi connectivity index (χ0) is 24.6. The molecular formula is C26H32ClN5O3. The van der Waals surface area contributed by atoms with Gasteiger partial charge in [-0.3, -0.25) is 14.4 Å². The van der Waals surface area contributed by atoms with E-state index in [2.05, 4.69) is 15.6 Å². The number of halogens is 1. The Morgan fingerprint density at radius 1 is 1.11 bits per heavy atom. The van der Waals surface area contributed by atoms with Gasteiger partial charge < -0.3 is 20.1 Å². The molecule has 1 atom stereocenters. The second-order valence-electron chi connectivity index (χ2n) is 10.2. The van der Waals surface area contributed by atoms with Crippen molar-refractivity contribution in [2.75, 3.05) is 0 Å². The first-order chi connectivity index (χ1) is 16.9. The van der Waals surface area contributed by atoms with Crippen LogP contribution in [0.3, 0.4) is 0 Å². The summed E-state index contributed by atoms with van der Waals surface area (Å²) < 4.78 is 1.66. The van der Waals surface area contributed by atoms with Gasteiger partial charge in [0, 0.05) is 23.7 Å². The van der Waals surface area contributed by atoms with Crippen LogP contribution in [-0.4, -0.2) is 49.8 Å². The molecule has 1 aliphatic heterocycles. The number of imidazole rings is 1. The summed E-state index contributed by atoms with van der Waals surface area (Å²) in [7, 11) is 0. The van der Waals surface area contributed by atoms with Crippen LogP contribution in [0.2, 0.25) is 5.02 Å². The lowest BCUT2D eigenvalue weighted by molar-refractivity contribution is -0.133. The van der Waals surface area contributed by atoms with E-state index >= 15 is 0 Å². The molecule has 0 saturated heterocycles. The molecular weight excluding hydrogens is 466 g/mol. The highest BCUT2D eigenvalue weighted by molar-refractivity contribution is 6.31. The van der Waals surface area contributed by atoms with Crippen LogP contribution in [0.1, 0.15) is 84.8 Å². The summed E-state index contributed by atoms with van der Waals surface area (Å²) in [6.45, 7) is 2.30. The molecule has 2 fully saturated rings. The Kier molecular flexibility index (Phi) is 6.57. The van der Waals surface area contributed by atoms with E-state index < -0.39 is 5.54 Å². The predicted octanol–water partition coefficient (Wildman–Crippen LogP) is 3.68. The van der Waals surface area contributed by atoms with Gasteiger partial charge in [0.1, 0.15) is 11.2 Å². The average molecular weight is 498 g/mol. The molecule has 2 heterocycles. The maximum atomic E-state index is 13.8. The smallest absolute Gasteiger partial charge is 0.274 e. The van der Waals surface area contributed by atoms with Gasteiger partial charge in [0.05, 0.1) is 12.9 Å². The van der Waals surface area contributed by atoms with Crippen LogP contribution in [0.25, 0.3) is 0 Å². The summed E-state index contributed by atoms with van der Waals surface area (Å²) in [5.41, 5.74) is 0.150. The number of nitrogens with zero attached hydrogens (tertiary/aromatic N) is 3. The highest BCUT2D eigenvalue weighted by Crippen LogP contribution is 2.39. The van der Waals surface area contributed by atoms with E-state index in [9.17, 15) is 14.4 Å². The predicted molar refractivity (Wildman–Crippen MR) is 132 cm³/mol. The Morgan fingerprint density at radius 3 is 2.51 bits per heavy atom. The summed E-state index contributed by atoms with van der Waals surface area (Å²) >= 11 is 6.25. The van der Waals surface area contributed by atoms with Crippen molar-refractivity contribution in [1.82, 2.24) is 25.1 Å². The number of fused-ring (bicyclic) bond motifs is 1. The first-order valence-electron chi connectivity index (χ1n) is 12.6. The topological polar surface area (TPSA) is 96.3 Å². The molecule has 3 aliphatic rings. The number of carbonyl (C=O) groups excluding carboxylic acids is 3. The number of hydrogen-bond acceptors (Lipinski definition) is 4.